The van der Waals surface area contributed by atoms with Gasteiger partial charge in [-0.1, -0.05) is 155 Å². The summed E-state index contributed by atoms with van der Waals surface area (Å²) < 4.78 is 0. The Morgan fingerprint density at radius 2 is 0.815 bits per heavy atom. The van der Waals surface area contributed by atoms with Gasteiger partial charge in [0.2, 0.25) is 0 Å². The lowest BCUT2D eigenvalue weighted by molar-refractivity contribution is 0.631. The van der Waals surface area contributed by atoms with Crippen LogP contribution in [0.5, 0.6) is 0 Å². The van der Waals surface area contributed by atoms with E-state index in [2.05, 4.69) is 251 Å². The summed E-state index contributed by atoms with van der Waals surface area (Å²) in [5.74, 6) is 0. The lowest BCUT2D eigenvalue weighted by Gasteiger charge is -2.28. The number of hydrogen-bond acceptors (Lipinski definition) is 3. The molecule has 312 valence electrons. The van der Waals surface area contributed by atoms with E-state index in [0.29, 0.717) is 0 Å². The summed E-state index contributed by atoms with van der Waals surface area (Å²) in [6.07, 6.45) is 0. The monoisotopic (exact) mass is 835 g/mol. The maximum Gasteiger partial charge on any atom is 0.0750 e. The van der Waals surface area contributed by atoms with Crippen LogP contribution < -0.4 is 9.80 Å². The number of para-hydroxylation sites is 1. The van der Waals surface area contributed by atoms with Crippen molar-refractivity contribution in [2.75, 3.05) is 9.80 Å². The highest BCUT2D eigenvalue weighted by Gasteiger charge is 2.43. The zero-order valence-corrected chi connectivity index (χ0v) is 37.5. The van der Waals surface area contributed by atoms with Crippen LogP contribution in [0.2, 0.25) is 0 Å². The summed E-state index contributed by atoms with van der Waals surface area (Å²) in [7, 11) is 0. The third-order valence-electron chi connectivity index (χ3n) is 14.2. The minimum absolute atomic E-state index is 0.228. The van der Waals surface area contributed by atoms with E-state index >= 15 is 0 Å². The average Bonchev–Trinajstić information content (AvgIpc) is 3.70. The maximum absolute atomic E-state index is 5.66. The van der Waals surface area contributed by atoms with E-state index in [9.17, 15) is 0 Å². The molecule has 0 spiro atoms. The Morgan fingerprint density at radius 1 is 0.338 bits per heavy atom. The summed E-state index contributed by atoms with van der Waals surface area (Å²) in [4.78, 5) is 10.4. The lowest BCUT2D eigenvalue weighted by atomic mass is 9.81. The molecule has 0 saturated carbocycles. The molecule has 0 bridgehead atoms. The Bertz CT molecular complexity index is 3490. The molecule has 0 unspecified atom stereocenters. The van der Waals surface area contributed by atoms with Crippen molar-refractivity contribution >= 4 is 55.7 Å². The molecule has 0 atom stereocenters. The molecule has 65 heavy (non-hydrogen) atoms. The lowest BCUT2D eigenvalue weighted by Crippen LogP contribution is -2.19. The third-order valence-corrected chi connectivity index (χ3v) is 14.2. The predicted octanol–water partition coefficient (Wildman–Crippen LogP) is 16.9. The molecule has 0 N–H and O–H groups in total. The number of benzene rings is 9. The van der Waals surface area contributed by atoms with Crippen molar-refractivity contribution in [2.45, 2.75) is 45.4 Å². The van der Waals surface area contributed by atoms with Crippen molar-refractivity contribution < 1.29 is 0 Å². The number of aryl methyl sites for hydroxylation is 1. The van der Waals surface area contributed by atoms with Crippen molar-refractivity contribution in [3.05, 3.63) is 234 Å². The zero-order chi connectivity index (χ0) is 44.0. The molecular weight excluding hydrogens is 787 g/mol. The highest BCUT2D eigenvalue weighted by atomic mass is 15.1. The largest absolute Gasteiger partial charge is 0.310 e. The molecule has 0 amide bonds. The Balaban J connectivity index is 0.889. The number of anilines is 6. The van der Waals surface area contributed by atoms with Crippen LogP contribution in [0.1, 0.15) is 55.6 Å². The van der Waals surface area contributed by atoms with Crippen LogP contribution >= 0.6 is 0 Å². The van der Waals surface area contributed by atoms with Gasteiger partial charge in [-0.2, -0.15) is 0 Å². The number of fused-ring (bicyclic) bond motifs is 8. The van der Waals surface area contributed by atoms with Crippen LogP contribution in [0.15, 0.2) is 206 Å². The number of nitrogens with zero attached hydrogens (tertiary/aromatic N) is 3. The highest BCUT2D eigenvalue weighted by Crippen LogP contribution is 2.56. The first-order chi connectivity index (χ1) is 31.6. The molecule has 1 heterocycles. The number of rotatable bonds is 7. The van der Waals surface area contributed by atoms with Gasteiger partial charge in [0.05, 0.1) is 11.4 Å². The molecule has 0 fully saturated rings. The molecule has 0 saturated heterocycles. The first kappa shape index (κ1) is 38.9. The smallest absolute Gasteiger partial charge is 0.0750 e. The maximum atomic E-state index is 5.66. The second kappa shape index (κ2) is 14.7. The minimum atomic E-state index is -0.299. The van der Waals surface area contributed by atoms with Crippen LogP contribution in [-0.4, -0.2) is 4.98 Å². The minimum Gasteiger partial charge on any atom is -0.310 e. The van der Waals surface area contributed by atoms with E-state index in [1.54, 1.807) is 0 Å². The fraction of sp³-hybridized carbons (Fsp3) is 0.113. The van der Waals surface area contributed by atoms with Crippen molar-refractivity contribution in [3.8, 4) is 33.5 Å². The normalized spacial score (nSPS) is 13.9. The molecule has 0 aliphatic heterocycles. The molecule has 9 aromatic carbocycles. The fourth-order valence-corrected chi connectivity index (χ4v) is 10.6. The molecule has 0 radical (unpaired) electrons. The summed E-state index contributed by atoms with van der Waals surface area (Å²) in [6, 6.07) is 75.7. The Labute approximate surface area is 381 Å². The SMILES string of the molecule is Cc1ccc(N(c2ccc3c(c2)C(C)(C)c2nc4c(cc2-3)C(C)(C)c2cc(-c3ccc(N(c5ccccc5)c5ccc6ccccc6c5)cc3)ccc2-4)c2ccc3ccccc3c2)cc1. The van der Waals surface area contributed by atoms with Gasteiger partial charge >= 0.3 is 0 Å². The standard InChI is InChI=1S/C62H49N3/c1-40-19-26-48(27-20-40)65(51-31-24-42-14-10-12-16-45(42)36-51)52-32-34-53-55-39-58-59(63-60(55)62(4,5)57(53)38-52)54-33-25-46(37-56(54)61(58,2)3)43-21-28-49(29-22-43)64(47-17-7-6-8-18-47)50-30-23-41-13-9-11-15-44(41)35-50/h6-39H,1-5H3. The second-order valence-electron chi connectivity index (χ2n) is 19.0. The first-order valence-corrected chi connectivity index (χ1v) is 22.8. The molecule has 2 aliphatic carbocycles. The van der Waals surface area contributed by atoms with Crippen LogP contribution in [0.4, 0.5) is 34.1 Å². The molecule has 12 rings (SSSR count). The van der Waals surface area contributed by atoms with Gasteiger partial charge in [-0.25, -0.2) is 0 Å². The van der Waals surface area contributed by atoms with Gasteiger partial charge < -0.3 is 9.80 Å². The Kier molecular flexibility index (Phi) is 8.77. The van der Waals surface area contributed by atoms with Crippen molar-refractivity contribution in [3.63, 3.8) is 0 Å². The van der Waals surface area contributed by atoms with Crippen molar-refractivity contribution in [1.29, 1.82) is 0 Å². The van der Waals surface area contributed by atoms with E-state index < -0.39 is 0 Å². The fourth-order valence-electron chi connectivity index (χ4n) is 10.6. The first-order valence-electron chi connectivity index (χ1n) is 22.8. The number of aromatic nitrogens is 1. The summed E-state index contributed by atoms with van der Waals surface area (Å²) in [5, 5.41) is 4.93. The van der Waals surface area contributed by atoms with Gasteiger partial charge in [0.1, 0.15) is 0 Å². The molecule has 3 nitrogen and oxygen atoms in total. The van der Waals surface area contributed by atoms with Gasteiger partial charge in [0.25, 0.3) is 0 Å². The van der Waals surface area contributed by atoms with Gasteiger partial charge in [-0.3, -0.25) is 4.98 Å². The summed E-state index contributed by atoms with van der Waals surface area (Å²) >= 11 is 0. The Hall–Kier alpha value is -7.75. The third kappa shape index (κ3) is 6.29. The summed E-state index contributed by atoms with van der Waals surface area (Å²) in [5.41, 5.74) is 19.9. The van der Waals surface area contributed by atoms with E-state index in [1.807, 2.05) is 0 Å². The molecule has 3 heteroatoms. The van der Waals surface area contributed by atoms with Gasteiger partial charge in [0, 0.05) is 56.1 Å². The quantitative estimate of drug-likeness (QED) is 0.159. The molecular formula is C62H49N3. The summed E-state index contributed by atoms with van der Waals surface area (Å²) in [6.45, 7) is 11.6. The average molecular weight is 836 g/mol. The Morgan fingerprint density at radius 3 is 1.46 bits per heavy atom. The van der Waals surface area contributed by atoms with Crippen molar-refractivity contribution in [1.82, 2.24) is 4.98 Å². The number of pyridine rings is 1. The molecule has 1 aromatic heterocycles. The predicted molar refractivity (Wildman–Crippen MR) is 274 cm³/mol. The molecule has 10 aromatic rings. The zero-order valence-electron chi connectivity index (χ0n) is 37.5. The van der Waals surface area contributed by atoms with E-state index in [-0.39, 0.29) is 10.8 Å². The van der Waals surface area contributed by atoms with Gasteiger partial charge in [-0.15, -0.1) is 0 Å². The highest BCUT2D eigenvalue weighted by molar-refractivity contribution is 5.93. The van der Waals surface area contributed by atoms with Crippen LogP contribution in [0.3, 0.4) is 0 Å². The number of hydrogen-bond donors (Lipinski definition) is 0. The van der Waals surface area contributed by atoms with E-state index in [0.717, 1.165) is 45.5 Å². The van der Waals surface area contributed by atoms with Crippen LogP contribution in [-0.2, 0) is 10.8 Å². The molecule has 2 aliphatic rings. The van der Waals surface area contributed by atoms with Gasteiger partial charge in [-0.05, 0) is 147 Å². The van der Waals surface area contributed by atoms with E-state index in [1.165, 1.54) is 71.6 Å². The second-order valence-corrected chi connectivity index (χ2v) is 19.0. The van der Waals surface area contributed by atoms with Crippen LogP contribution in [0.25, 0.3) is 55.1 Å². The topological polar surface area (TPSA) is 19.4 Å². The van der Waals surface area contributed by atoms with Crippen LogP contribution in [0, 0.1) is 6.92 Å². The van der Waals surface area contributed by atoms with Crippen molar-refractivity contribution in [2.24, 2.45) is 0 Å². The van der Waals surface area contributed by atoms with Gasteiger partial charge in [0.15, 0.2) is 0 Å². The van der Waals surface area contributed by atoms with E-state index in [4.69, 9.17) is 4.98 Å².